The second-order valence-corrected chi connectivity index (χ2v) is 7.26. The van der Waals surface area contributed by atoms with E-state index in [0.29, 0.717) is 20.9 Å². The number of nitrogens with one attached hydrogen (secondary N) is 2. The van der Waals surface area contributed by atoms with Gasteiger partial charge in [0.05, 0.1) is 11.9 Å². The zero-order valence-corrected chi connectivity index (χ0v) is 15.2. The summed E-state index contributed by atoms with van der Waals surface area (Å²) >= 11 is 2.62. The Balaban J connectivity index is 1.80. The Labute approximate surface area is 148 Å². The topological polar surface area (TPSA) is 93.2 Å². The minimum atomic E-state index is -0.145. The molecular weight excluding hydrogens is 348 g/mol. The van der Waals surface area contributed by atoms with Crippen molar-refractivity contribution in [1.29, 1.82) is 0 Å². The van der Waals surface area contributed by atoms with Gasteiger partial charge in [0.1, 0.15) is 0 Å². The van der Waals surface area contributed by atoms with Gasteiger partial charge >= 0.3 is 0 Å². The SMILES string of the molecule is CC(=O)Nc1ccc(NC(=O)CSc2nnc(OC(C)C)s2)cc1. The number of amides is 2. The maximum atomic E-state index is 12.0. The van der Waals surface area contributed by atoms with Crippen LogP contribution in [0.25, 0.3) is 0 Å². The lowest BCUT2D eigenvalue weighted by Crippen LogP contribution is -2.14. The van der Waals surface area contributed by atoms with Crippen molar-refractivity contribution < 1.29 is 14.3 Å². The lowest BCUT2D eigenvalue weighted by atomic mass is 10.3. The first-order valence-electron chi connectivity index (χ1n) is 7.23. The summed E-state index contributed by atoms with van der Waals surface area (Å²) in [4.78, 5) is 22.9. The molecule has 24 heavy (non-hydrogen) atoms. The third-order valence-corrected chi connectivity index (χ3v) is 4.49. The van der Waals surface area contributed by atoms with Gasteiger partial charge in [-0.05, 0) is 49.4 Å². The molecule has 0 aliphatic heterocycles. The molecule has 0 saturated carbocycles. The summed E-state index contributed by atoms with van der Waals surface area (Å²) in [6.07, 6.45) is 0.0413. The molecule has 9 heteroatoms. The van der Waals surface area contributed by atoms with Crippen LogP contribution >= 0.6 is 23.1 Å². The molecule has 0 aliphatic carbocycles. The van der Waals surface area contributed by atoms with E-state index in [2.05, 4.69) is 20.8 Å². The summed E-state index contributed by atoms with van der Waals surface area (Å²) in [6, 6.07) is 6.91. The van der Waals surface area contributed by atoms with E-state index < -0.39 is 0 Å². The number of hydrogen-bond donors (Lipinski definition) is 2. The number of hydrogen-bond acceptors (Lipinski definition) is 7. The molecular formula is C15H18N4O3S2. The molecule has 2 aromatic rings. The quantitative estimate of drug-likeness (QED) is 0.732. The van der Waals surface area contributed by atoms with Gasteiger partial charge in [-0.3, -0.25) is 9.59 Å². The summed E-state index contributed by atoms with van der Waals surface area (Å²) in [6.45, 7) is 5.27. The van der Waals surface area contributed by atoms with Crippen molar-refractivity contribution >= 4 is 46.3 Å². The van der Waals surface area contributed by atoms with Gasteiger partial charge in [0.2, 0.25) is 11.8 Å². The second-order valence-electron chi connectivity index (χ2n) is 5.10. The Morgan fingerprint density at radius 1 is 1.17 bits per heavy atom. The van der Waals surface area contributed by atoms with Gasteiger partial charge in [0.25, 0.3) is 5.19 Å². The Bertz CT molecular complexity index is 701. The first kappa shape index (κ1) is 18.2. The maximum absolute atomic E-state index is 12.0. The molecule has 128 valence electrons. The van der Waals surface area contributed by atoms with Crippen LogP contribution in [0, 0.1) is 0 Å². The number of carbonyl (C=O) groups excluding carboxylic acids is 2. The van der Waals surface area contributed by atoms with Gasteiger partial charge in [-0.25, -0.2) is 0 Å². The number of thioether (sulfide) groups is 1. The molecule has 0 atom stereocenters. The minimum absolute atomic E-state index is 0.0413. The molecule has 0 spiro atoms. The Morgan fingerprint density at radius 3 is 2.38 bits per heavy atom. The van der Waals surface area contributed by atoms with E-state index in [4.69, 9.17) is 4.74 Å². The van der Waals surface area contributed by atoms with Crippen molar-refractivity contribution in [1.82, 2.24) is 10.2 Å². The highest BCUT2D eigenvalue weighted by Crippen LogP contribution is 2.27. The van der Waals surface area contributed by atoms with Crippen molar-refractivity contribution in [3.8, 4) is 5.19 Å². The van der Waals surface area contributed by atoms with Crippen molar-refractivity contribution in [3.05, 3.63) is 24.3 Å². The molecule has 0 bridgehead atoms. The summed E-state index contributed by atoms with van der Waals surface area (Å²) in [5.74, 6) is -0.0566. The summed E-state index contributed by atoms with van der Waals surface area (Å²) in [5.41, 5.74) is 1.34. The van der Waals surface area contributed by atoms with Gasteiger partial charge in [-0.2, -0.15) is 0 Å². The van der Waals surface area contributed by atoms with Crippen molar-refractivity contribution in [2.75, 3.05) is 16.4 Å². The van der Waals surface area contributed by atoms with E-state index >= 15 is 0 Å². The fourth-order valence-electron chi connectivity index (χ4n) is 1.67. The van der Waals surface area contributed by atoms with Crippen LogP contribution in [0.4, 0.5) is 11.4 Å². The zero-order valence-electron chi connectivity index (χ0n) is 13.5. The Kier molecular flexibility index (Phi) is 6.56. The Morgan fingerprint density at radius 2 is 1.79 bits per heavy atom. The van der Waals surface area contributed by atoms with Crippen LogP contribution in [0.1, 0.15) is 20.8 Å². The molecule has 0 saturated heterocycles. The van der Waals surface area contributed by atoms with Gasteiger partial charge in [-0.1, -0.05) is 16.9 Å². The van der Waals surface area contributed by atoms with Crippen LogP contribution < -0.4 is 15.4 Å². The predicted octanol–water partition coefficient (Wildman–Crippen LogP) is 3.01. The molecule has 1 aromatic heterocycles. The molecule has 7 nitrogen and oxygen atoms in total. The van der Waals surface area contributed by atoms with E-state index in [1.807, 2.05) is 13.8 Å². The highest BCUT2D eigenvalue weighted by Gasteiger charge is 2.10. The normalized spacial score (nSPS) is 10.5. The number of benzene rings is 1. The third-order valence-electron chi connectivity index (χ3n) is 2.54. The highest BCUT2D eigenvalue weighted by molar-refractivity contribution is 8.01. The average molecular weight is 366 g/mol. The molecule has 2 amide bonds. The van der Waals surface area contributed by atoms with Crippen LogP contribution in [0.3, 0.4) is 0 Å². The first-order chi connectivity index (χ1) is 11.4. The molecule has 0 radical (unpaired) electrons. The van der Waals surface area contributed by atoms with Crippen LogP contribution in [0.2, 0.25) is 0 Å². The number of carbonyl (C=O) groups is 2. The lowest BCUT2D eigenvalue weighted by Gasteiger charge is -2.06. The number of nitrogens with zero attached hydrogens (tertiary/aromatic N) is 2. The van der Waals surface area contributed by atoms with Crippen LogP contribution in [-0.4, -0.2) is 33.9 Å². The van der Waals surface area contributed by atoms with Crippen LogP contribution in [-0.2, 0) is 9.59 Å². The van der Waals surface area contributed by atoms with E-state index in [9.17, 15) is 9.59 Å². The smallest absolute Gasteiger partial charge is 0.295 e. The molecule has 0 fully saturated rings. The van der Waals surface area contributed by atoms with Crippen molar-refractivity contribution in [3.63, 3.8) is 0 Å². The van der Waals surface area contributed by atoms with E-state index in [-0.39, 0.29) is 23.7 Å². The number of rotatable bonds is 7. The van der Waals surface area contributed by atoms with Gasteiger partial charge < -0.3 is 15.4 Å². The van der Waals surface area contributed by atoms with E-state index in [0.717, 1.165) is 0 Å². The number of aromatic nitrogens is 2. The molecule has 1 aromatic carbocycles. The molecule has 2 rings (SSSR count). The Hall–Kier alpha value is -2.13. The zero-order chi connectivity index (χ0) is 17.5. The monoisotopic (exact) mass is 366 g/mol. The van der Waals surface area contributed by atoms with E-state index in [1.54, 1.807) is 24.3 Å². The fourth-order valence-corrected chi connectivity index (χ4v) is 3.27. The second kappa shape index (κ2) is 8.65. The molecule has 0 aliphatic rings. The third kappa shape index (κ3) is 6.17. The van der Waals surface area contributed by atoms with Crippen molar-refractivity contribution in [2.24, 2.45) is 0 Å². The standard InChI is InChI=1S/C15H18N4O3S2/c1-9(2)22-14-18-19-15(24-14)23-8-13(21)17-12-6-4-11(5-7-12)16-10(3)20/h4-7,9H,8H2,1-3H3,(H,16,20)(H,17,21). The predicted molar refractivity (Wildman–Crippen MR) is 95.8 cm³/mol. The van der Waals surface area contributed by atoms with Gasteiger partial charge in [-0.15, -0.1) is 5.10 Å². The van der Waals surface area contributed by atoms with Crippen molar-refractivity contribution in [2.45, 2.75) is 31.2 Å². The largest absolute Gasteiger partial charge is 0.466 e. The van der Waals surface area contributed by atoms with Crippen LogP contribution in [0.15, 0.2) is 28.6 Å². The van der Waals surface area contributed by atoms with Gasteiger partial charge in [0, 0.05) is 18.3 Å². The molecule has 2 N–H and O–H groups in total. The maximum Gasteiger partial charge on any atom is 0.295 e. The number of anilines is 2. The fraction of sp³-hybridized carbons (Fsp3) is 0.333. The minimum Gasteiger partial charge on any atom is -0.466 e. The molecule has 1 heterocycles. The number of ether oxygens (including phenoxy) is 1. The summed E-state index contributed by atoms with van der Waals surface area (Å²) in [7, 11) is 0. The van der Waals surface area contributed by atoms with Crippen LogP contribution in [0.5, 0.6) is 5.19 Å². The van der Waals surface area contributed by atoms with E-state index in [1.165, 1.54) is 30.0 Å². The first-order valence-corrected chi connectivity index (χ1v) is 9.03. The highest BCUT2D eigenvalue weighted by atomic mass is 32.2. The summed E-state index contributed by atoms with van der Waals surface area (Å²) < 4.78 is 6.12. The lowest BCUT2D eigenvalue weighted by molar-refractivity contribution is -0.114. The molecule has 0 unspecified atom stereocenters. The van der Waals surface area contributed by atoms with Gasteiger partial charge in [0.15, 0.2) is 4.34 Å². The summed E-state index contributed by atoms with van der Waals surface area (Å²) in [5, 5.41) is 13.8. The average Bonchev–Trinajstić information content (AvgIpc) is 2.93.